The Balaban J connectivity index is 3.86. The van der Waals surface area contributed by atoms with E-state index < -0.39 is 0 Å². The van der Waals surface area contributed by atoms with Crippen molar-refractivity contribution in [2.75, 3.05) is 26.4 Å². The molecule has 0 saturated heterocycles. The monoisotopic (exact) mass is 322 g/mol. The van der Waals surface area contributed by atoms with Gasteiger partial charge in [0.1, 0.15) is 0 Å². The lowest BCUT2D eigenvalue weighted by Crippen LogP contribution is -2.24. The minimum absolute atomic E-state index is 0.0303. The van der Waals surface area contributed by atoms with Gasteiger partial charge in [0.05, 0.1) is 0 Å². The molecule has 0 bridgehead atoms. The summed E-state index contributed by atoms with van der Waals surface area (Å²) in [6.45, 7) is 13.5. The molecule has 0 aromatic rings. The lowest BCUT2D eigenvalue weighted by molar-refractivity contribution is -0.123. The molecule has 0 atom stereocenters. The molecule has 0 aromatic carbocycles. The largest absolute Gasteiger partial charge is 0.353 e. The minimum atomic E-state index is -0.123. The first kappa shape index (κ1) is 20.3. The van der Waals surface area contributed by atoms with Crippen molar-refractivity contribution in [3.05, 3.63) is 0 Å². The summed E-state index contributed by atoms with van der Waals surface area (Å²) in [6.07, 6.45) is 0.0606. The molecule has 20 heavy (non-hydrogen) atoms. The molecular formula is C14H34O4Si2. The standard InChI is InChI=1S/C14H34O4Si2/c1-6-15-13(16-7-2)10-19-12(5)20-11-14(17-8-3)18-9-4/h12-14H,6-11,19-20H2,1-5H3. The van der Waals surface area contributed by atoms with E-state index in [9.17, 15) is 0 Å². The van der Waals surface area contributed by atoms with Crippen LogP contribution in [-0.4, -0.2) is 58.0 Å². The number of hydrogen-bond acceptors (Lipinski definition) is 4. The normalized spacial score (nSPS) is 14.6. The summed E-state index contributed by atoms with van der Waals surface area (Å²) in [4.78, 5) is 0. The summed E-state index contributed by atoms with van der Waals surface area (Å²) in [7, 11) is -0.245. The minimum Gasteiger partial charge on any atom is -0.353 e. The molecule has 0 saturated carbocycles. The van der Waals surface area contributed by atoms with Gasteiger partial charge in [-0.2, -0.15) is 0 Å². The second kappa shape index (κ2) is 14.2. The van der Waals surface area contributed by atoms with Crippen molar-refractivity contribution in [3.8, 4) is 0 Å². The quantitative estimate of drug-likeness (QED) is 0.360. The van der Waals surface area contributed by atoms with Crippen LogP contribution < -0.4 is 0 Å². The third-order valence-electron chi connectivity index (χ3n) is 3.20. The molecule has 0 amide bonds. The van der Waals surface area contributed by atoms with Crippen LogP contribution in [0.15, 0.2) is 0 Å². The predicted molar refractivity (Wildman–Crippen MR) is 90.2 cm³/mol. The van der Waals surface area contributed by atoms with E-state index in [1.54, 1.807) is 0 Å². The Morgan fingerprint density at radius 1 is 0.650 bits per heavy atom. The zero-order chi connectivity index (χ0) is 15.2. The van der Waals surface area contributed by atoms with Crippen molar-refractivity contribution < 1.29 is 18.9 Å². The molecule has 0 aromatic heterocycles. The average molecular weight is 323 g/mol. The smallest absolute Gasteiger partial charge is 0.154 e. The molecule has 0 unspecified atom stereocenters. The Kier molecular flexibility index (Phi) is 14.4. The lowest BCUT2D eigenvalue weighted by Gasteiger charge is -2.20. The van der Waals surface area contributed by atoms with Crippen molar-refractivity contribution >= 4 is 19.0 Å². The zero-order valence-electron chi connectivity index (χ0n) is 14.0. The van der Waals surface area contributed by atoms with Crippen molar-refractivity contribution in [2.24, 2.45) is 0 Å². The predicted octanol–water partition coefficient (Wildman–Crippen LogP) is 1.72. The van der Waals surface area contributed by atoms with Crippen molar-refractivity contribution in [2.45, 2.75) is 64.5 Å². The molecule has 0 aliphatic carbocycles. The summed E-state index contributed by atoms with van der Waals surface area (Å²) >= 11 is 0. The average Bonchev–Trinajstić information content (AvgIpc) is 2.43. The van der Waals surface area contributed by atoms with E-state index in [4.69, 9.17) is 18.9 Å². The molecule has 0 N–H and O–H groups in total. The van der Waals surface area contributed by atoms with Crippen LogP contribution in [0.25, 0.3) is 0 Å². The van der Waals surface area contributed by atoms with E-state index >= 15 is 0 Å². The number of rotatable bonds is 14. The SMILES string of the molecule is CCOC(C[SiH2]C(C)[SiH2]CC(OCC)OCC)OCC. The van der Waals surface area contributed by atoms with Gasteiger partial charge in [0.15, 0.2) is 12.6 Å². The summed E-state index contributed by atoms with van der Waals surface area (Å²) < 4.78 is 22.5. The number of ether oxygens (including phenoxy) is 4. The van der Waals surface area contributed by atoms with Crippen LogP contribution in [0.3, 0.4) is 0 Å². The topological polar surface area (TPSA) is 36.9 Å². The Bertz CT molecular complexity index is 176. The van der Waals surface area contributed by atoms with Crippen molar-refractivity contribution in [1.29, 1.82) is 0 Å². The van der Waals surface area contributed by atoms with Gasteiger partial charge in [-0.3, -0.25) is 0 Å². The first-order valence-electron chi connectivity index (χ1n) is 8.14. The summed E-state index contributed by atoms with van der Waals surface area (Å²) in [5, 5.41) is 0.904. The van der Waals surface area contributed by atoms with E-state index in [0.29, 0.717) is 0 Å². The second-order valence-corrected chi connectivity index (χ2v) is 11.2. The van der Waals surface area contributed by atoms with Gasteiger partial charge in [0.2, 0.25) is 0 Å². The molecule has 0 heterocycles. The molecule has 0 rings (SSSR count). The van der Waals surface area contributed by atoms with Gasteiger partial charge >= 0.3 is 0 Å². The molecule has 6 heteroatoms. The summed E-state index contributed by atoms with van der Waals surface area (Å²) in [5.41, 5.74) is 0. The Hall–Kier alpha value is 0.274. The molecule has 4 nitrogen and oxygen atoms in total. The lowest BCUT2D eigenvalue weighted by atomic mass is 10.7. The highest BCUT2D eigenvalue weighted by Crippen LogP contribution is 2.12. The summed E-state index contributed by atoms with van der Waals surface area (Å²) in [6, 6.07) is 2.26. The number of hydrogen-bond donors (Lipinski definition) is 0. The molecule has 0 aliphatic rings. The van der Waals surface area contributed by atoms with Crippen LogP contribution in [0, 0.1) is 0 Å². The maximum absolute atomic E-state index is 5.61. The summed E-state index contributed by atoms with van der Waals surface area (Å²) in [5.74, 6) is 0. The molecular weight excluding hydrogens is 288 g/mol. The Morgan fingerprint density at radius 3 is 1.20 bits per heavy atom. The maximum Gasteiger partial charge on any atom is 0.154 e. The van der Waals surface area contributed by atoms with Crippen molar-refractivity contribution in [3.63, 3.8) is 0 Å². The highest BCUT2D eigenvalue weighted by atomic mass is 28.3. The van der Waals surface area contributed by atoms with Crippen LogP contribution in [0.2, 0.25) is 17.3 Å². The van der Waals surface area contributed by atoms with Gasteiger partial charge in [0.25, 0.3) is 0 Å². The molecule has 0 spiro atoms. The third-order valence-corrected chi connectivity index (χ3v) is 9.23. The van der Waals surface area contributed by atoms with Crippen molar-refractivity contribution in [1.82, 2.24) is 0 Å². The van der Waals surface area contributed by atoms with Gasteiger partial charge in [-0.05, 0) is 39.8 Å². The fourth-order valence-corrected chi connectivity index (χ4v) is 7.08. The van der Waals surface area contributed by atoms with Gasteiger partial charge < -0.3 is 18.9 Å². The second-order valence-electron chi connectivity index (χ2n) is 4.94. The van der Waals surface area contributed by atoms with Crippen LogP contribution in [-0.2, 0) is 18.9 Å². The molecule has 0 fully saturated rings. The van der Waals surface area contributed by atoms with E-state index in [2.05, 4.69) is 6.92 Å². The van der Waals surface area contributed by atoms with Crippen LogP contribution in [0.5, 0.6) is 0 Å². The van der Waals surface area contributed by atoms with Crippen LogP contribution >= 0.6 is 0 Å². The van der Waals surface area contributed by atoms with Gasteiger partial charge in [-0.25, -0.2) is 0 Å². The first-order chi connectivity index (χ1) is 9.67. The van der Waals surface area contributed by atoms with Gasteiger partial charge in [-0.1, -0.05) is 12.1 Å². The fourth-order valence-electron chi connectivity index (χ4n) is 2.16. The van der Waals surface area contributed by atoms with Gasteiger partial charge in [-0.15, -0.1) is 0 Å². The van der Waals surface area contributed by atoms with Crippen LogP contribution in [0.1, 0.15) is 34.6 Å². The zero-order valence-corrected chi connectivity index (χ0v) is 16.9. The van der Waals surface area contributed by atoms with E-state index in [0.717, 1.165) is 43.7 Å². The van der Waals surface area contributed by atoms with E-state index in [1.165, 1.54) is 0 Å². The van der Waals surface area contributed by atoms with E-state index in [-0.39, 0.29) is 31.6 Å². The Morgan fingerprint density at radius 2 is 0.950 bits per heavy atom. The Labute approximate surface area is 129 Å². The molecule has 0 radical (unpaired) electrons. The highest BCUT2D eigenvalue weighted by Gasteiger charge is 2.14. The first-order valence-corrected chi connectivity index (χ1v) is 11.8. The third kappa shape index (κ3) is 11.0. The van der Waals surface area contributed by atoms with Crippen LogP contribution in [0.4, 0.5) is 0 Å². The van der Waals surface area contributed by atoms with Gasteiger partial charge in [0, 0.05) is 45.5 Å². The molecule has 122 valence electrons. The maximum atomic E-state index is 5.61. The molecule has 0 aliphatic heterocycles. The van der Waals surface area contributed by atoms with E-state index in [1.807, 2.05) is 27.7 Å². The fraction of sp³-hybridized carbons (Fsp3) is 1.00. The highest BCUT2D eigenvalue weighted by molar-refractivity contribution is 6.58.